The molecule has 0 aromatic rings. The summed E-state index contributed by atoms with van der Waals surface area (Å²) in [5.41, 5.74) is 0.994. The van der Waals surface area contributed by atoms with E-state index < -0.39 is 23.2 Å². The lowest BCUT2D eigenvalue weighted by Crippen LogP contribution is -2.62. The predicted molar refractivity (Wildman–Crippen MR) is 126 cm³/mol. The number of fused-ring (bicyclic) bond motifs is 5. The van der Waals surface area contributed by atoms with Crippen LogP contribution in [0.4, 0.5) is 0 Å². The van der Waals surface area contributed by atoms with Crippen LogP contribution < -0.4 is 0 Å². The lowest BCUT2D eigenvalue weighted by Gasteiger charge is -2.58. The van der Waals surface area contributed by atoms with Crippen LogP contribution in [0.5, 0.6) is 0 Å². The standard InChI is InChI=1S/C28H44O3/c1-17(2)18(3)7-8-19(4)22-9-10-23-21-15-25(30)28(31)16-20(29)11-14-27(28,6)24(21)12-13-26(22,23)5/h7-8,12,15,17-20,22-23,25,29-31H,9-11,13-14,16H2,1-6H3/b8-7-/t18-,19+,20-,22+,23-,25-,26+,27+,28-/m0/s1. The monoisotopic (exact) mass is 428 g/mol. The molecule has 0 spiro atoms. The van der Waals surface area contributed by atoms with Crippen LogP contribution in [0.25, 0.3) is 0 Å². The van der Waals surface area contributed by atoms with Crippen molar-refractivity contribution in [1.29, 1.82) is 0 Å². The first-order valence-corrected chi connectivity index (χ1v) is 12.6. The van der Waals surface area contributed by atoms with Crippen molar-refractivity contribution in [2.45, 2.75) is 97.9 Å². The summed E-state index contributed by atoms with van der Waals surface area (Å²) in [6.07, 6.45) is 12.9. The third-order valence-electron chi connectivity index (χ3n) is 10.1. The van der Waals surface area contributed by atoms with Gasteiger partial charge < -0.3 is 15.3 Å². The summed E-state index contributed by atoms with van der Waals surface area (Å²) in [6.45, 7) is 13.8. The summed E-state index contributed by atoms with van der Waals surface area (Å²) in [5.74, 6) is 2.88. The molecule has 0 amide bonds. The molecule has 31 heavy (non-hydrogen) atoms. The van der Waals surface area contributed by atoms with Crippen molar-refractivity contribution in [1.82, 2.24) is 0 Å². The third-order valence-corrected chi connectivity index (χ3v) is 10.1. The second-order valence-corrected chi connectivity index (χ2v) is 12.1. The molecule has 4 aliphatic carbocycles. The minimum Gasteiger partial charge on any atom is -0.393 e. The number of hydrogen-bond donors (Lipinski definition) is 3. The molecule has 0 aliphatic heterocycles. The van der Waals surface area contributed by atoms with Crippen LogP contribution >= 0.6 is 0 Å². The van der Waals surface area contributed by atoms with E-state index in [1.54, 1.807) is 0 Å². The van der Waals surface area contributed by atoms with Gasteiger partial charge in [0.25, 0.3) is 0 Å². The predicted octanol–water partition coefficient (Wildman–Crippen LogP) is 5.42. The van der Waals surface area contributed by atoms with Gasteiger partial charge in [0.2, 0.25) is 0 Å². The fourth-order valence-corrected chi connectivity index (χ4v) is 7.50. The Labute approximate surface area is 189 Å². The highest BCUT2D eigenvalue weighted by molar-refractivity contribution is 5.50. The SMILES string of the molecule is CC(C)[C@@H](C)/C=C\[C@@H](C)[C@H]1CC[C@H]2C3=C[C@H](O)[C@@]4(O)C[C@@H](O)CC[C@]4(C)C3=CC[C@]12C. The van der Waals surface area contributed by atoms with Crippen molar-refractivity contribution in [2.24, 2.45) is 40.4 Å². The molecule has 3 N–H and O–H groups in total. The number of allylic oxidation sites excluding steroid dienone is 4. The molecule has 2 saturated carbocycles. The number of aliphatic hydroxyl groups excluding tert-OH is 2. The summed E-state index contributed by atoms with van der Waals surface area (Å²) in [7, 11) is 0. The zero-order valence-corrected chi connectivity index (χ0v) is 20.4. The molecule has 0 unspecified atom stereocenters. The lowest BCUT2D eigenvalue weighted by molar-refractivity contribution is -0.173. The van der Waals surface area contributed by atoms with Gasteiger partial charge in [0.15, 0.2) is 0 Å². The van der Waals surface area contributed by atoms with Gasteiger partial charge in [-0.1, -0.05) is 59.8 Å². The fourth-order valence-electron chi connectivity index (χ4n) is 7.50. The second kappa shape index (κ2) is 7.85. The molecular weight excluding hydrogens is 384 g/mol. The summed E-state index contributed by atoms with van der Waals surface area (Å²) in [6, 6.07) is 0. The van der Waals surface area contributed by atoms with E-state index in [1.807, 2.05) is 6.08 Å². The Bertz CT molecular complexity index is 794. The van der Waals surface area contributed by atoms with Gasteiger partial charge in [-0.25, -0.2) is 0 Å². The van der Waals surface area contributed by atoms with Crippen LogP contribution in [-0.4, -0.2) is 33.1 Å². The molecule has 2 fully saturated rings. The summed E-state index contributed by atoms with van der Waals surface area (Å²) < 4.78 is 0. The number of hydrogen-bond acceptors (Lipinski definition) is 3. The molecule has 4 aliphatic rings. The molecule has 3 nitrogen and oxygen atoms in total. The highest BCUT2D eigenvalue weighted by atomic mass is 16.3. The van der Waals surface area contributed by atoms with Crippen LogP contribution in [0.15, 0.2) is 35.5 Å². The van der Waals surface area contributed by atoms with Crippen molar-refractivity contribution in [2.75, 3.05) is 0 Å². The Hall–Kier alpha value is -0.900. The van der Waals surface area contributed by atoms with Crippen molar-refractivity contribution < 1.29 is 15.3 Å². The Morgan fingerprint density at radius 2 is 1.74 bits per heavy atom. The normalized spacial score (nSPS) is 46.8. The van der Waals surface area contributed by atoms with E-state index in [0.29, 0.717) is 36.0 Å². The van der Waals surface area contributed by atoms with E-state index in [-0.39, 0.29) is 11.8 Å². The maximum atomic E-state index is 11.5. The zero-order valence-electron chi connectivity index (χ0n) is 20.4. The van der Waals surface area contributed by atoms with Crippen molar-refractivity contribution in [3.05, 3.63) is 35.5 Å². The highest BCUT2D eigenvalue weighted by Crippen LogP contribution is 2.65. The van der Waals surface area contributed by atoms with Gasteiger partial charge in [0.05, 0.1) is 6.10 Å². The largest absolute Gasteiger partial charge is 0.393 e. The van der Waals surface area contributed by atoms with Crippen LogP contribution in [0.1, 0.15) is 80.1 Å². The van der Waals surface area contributed by atoms with E-state index in [4.69, 9.17) is 0 Å². The highest BCUT2D eigenvalue weighted by Gasteiger charge is 2.62. The van der Waals surface area contributed by atoms with Gasteiger partial charge in [-0.05, 0) is 84.3 Å². The quantitative estimate of drug-likeness (QED) is 0.524. The molecule has 0 saturated heterocycles. The molecule has 174 valence electrons. The van der Waals surface area contributed by atoms with E-state index >= 15 is 0 Å². The van der Waals surface area contributed by atoms with E-state index in [0.717, 1.165) is 19.3 Å². The van der Waals surface area contributed by atoms with Gasteiger partial charge in [0, 0.05) is 11.8 Å². The average molecular weight is 429 g/mol. The van der Waals surface area contributed by atoms with Gasteiger partial charge >= 0.3 is 0 Å². The zero-order chi connectivity index (χ0) is 22.8. The molecule has 3 heteroatoms. The second-order valence-electron chi connectivity index (χ2n) is 12.1. The molecule has 0 aromatic carbocycles. The molecule has 0 radical (unpaired) electrons. The van der Waals surface area contributed by atoms with Crippen LogP contribution in [-0.2, 0) is 0 Å². The van der Waals surface area contributed by atoms with Crippen LogP contribution in [0, 0.1) is 40.4 Å². The molecule has 0 bridgehead atoms. The number of aliphatic hydroxyl groups is 3. The lowest BCUT2D eigenvalue weighted by atomic mass is 9.49. The van der Waals surface area contributed by atoms with Gasteiger partial charge in [-0.15, -0.1) is 0 Å². The Kier molecular flexibility index (Phi) is 5.89. The molecule has 0 aromatic heterocycles. The summed E-state index contributed by atoms with van der Waals surface area (Å²) in [4.78, 5) is 0. The van der Waals surface area contributed by atoms with Crippen molar-refractivity contribution >= 4 is 0 Å². The number of rotatable bonds is 4. The van der Waals surface area contributed by atoms with E-state index in [9.17, 15) is 15.3 Å². The van der Waals surface area contributed by atoms with Gasteiger partial charge in [0.1, 0.15) is 11.7 Å². The Morgan fingerprint density at radius 3 is 2.42 bits per heavy atom. The van der Waals surface area contributed by atoms with E-state index in [2.05, 4.69) is 59.8 Å². The minimum atomic E-state index is -1.27. The topological polar surface area (TPSA) is 60.7 Å². The first kappa shape index (κ1) is 23.3. The third kappa shape index (κ3) is 3.42. The molecule has 4 rings (SSSR count). The van der Waals surface area contributed by atoms with Crippen LogP contribution in [0.2, 0.25) is 0 Å². The smallest absolute Gasteiger partial charge is 0.106 e. The van der Waals surface area contributed by atoms with Crippen molar-refractivity contribution in [3.8, 4) is 0 Å². The maximum absolute atomic E-state index is 11.5. The minimum absolute atomic E-state index is 0.194. The molecule has 9 atom stereocenters. The summed E-state index contributed by atoms with van der Waals surface area (Å²) in [5, 5.41) is 32.9. The van der Waals surface area contributed by atoms with Crippen LogP contribution in [0.3, 0.4) is 0 Å². The first-order valence-electron chi connectivity index (χ1n) is 12.6. The first-order chi connectivity index (χ1) is 14.4. The fraction of sp³-hybridized carbons (Fsp3) is 0.786. The summed E-state index contributed by atoms with van der Waals surface area (Å²) >= 11 is 0. The molecular formula is C28H44O3. The Morgan fingerprint density at radius 1 is 1.03 bits per heavy atom. The van der Waals surface area contributed by atoms with Gasteiger partial charge in [-0.3, -0.25) is 0 Å². The maximum Gasteiger partial charge on any atom is 0.106 e. The average Bonchev–Trinajstić information content (AvgIpc) is 3.05. The molecule has 0 heterocycles. The van der Waals surface area contributed by atoms with Gasteiger partial charge in [-0.2, -0.15) is 0 Å². The van der Waals surface area contributed by atoms with E-state index in [1.165, 1.54) is 17.6 Å². The van der Waals surface area contributed by atoms with Crippen molar-refractivity contribution in [3.63, 3.8) is 0 Å². The Balaban J connectivity index is 1.65.